The second kappa shape index (κ2) is 8.88. The molecular formula is C20H26N4O4. The highest BCUT2D eigenvalue weighted by Crippen LogP contribution is 2.23. The highest BCUT2D eigenvalue weighted by Gasteiger charge is 2.23. The minimum Gasteiger partial charge on any atom is -0.497 e. The average molecular weight is 386 g/mol. The van der Waals surface area contributed by atoms with Crippen LogP contribution in [0.3, 0.4) is 0 Å². The molecule has 0 N–H and O–H groups in total. The molecule has 8 heteroatoms. The lowest BCUT2D eigenvalue weighted by Crippen LogP contribution is -2.46. The molecule has 1 atom stereocenters. The Morgan fingerprint density at radius 1 is 1.32 bits per heavy atom. The molecule has 0 saturated carbocycles. The first-order valence-electron chi connectivity index (χ1n) is 9.20. The van der Waals surface area contributed by atoms with Crippen LogP contribution < -0.4 is 4.74 Å². The van der Waals surface area contributed by atoms with Gasteiger partial charge in [-0.1, -0.05) is 12.1 Å². The van der Waals surface area contributed by atoms with E-state index in [1.807, 2.05) is 31.2 Å². The summed E-state index contributed by atoms with van der Waals surface area (Å²) in [5.41, 5.74) is 1.82. The van der Waals surface area contributed by atoms with Crippen molar-refractivity contribution >= 4 is 17.5 Å². The van der Waals surface area contributed by atoms with Gasteiger partial charge < -0.3 is 19.1 Å². The van der Waals surface area contributed by atoms with Crippen LogP contribution in [0, 0.1) is 0 Å². The molecule has 1 aliphatic heterocycles. The molecule has 28 heavy (non-hydrogen) atoms. The monoisotopic (exact) mass is 386 g/mol. The van der Waals surface area contributed by atoms with Crippen molar-refractivity contribution < 1.29 is 19.0 Å². The van der Waals surface area contributed by atoms with Gasteiger partial charge in [0.05, 0.1) is 46.2 Å². The summed E-state index contributed by atoms with van der Waals surface area (Å²) >= 11 is 0. The van der Waals surface area contributed by atoms with Gasteiger partial charge in [-0.3, -0.25) is 4.68 Å². The number of hydrogen-bond donors (Lipinski definition) is 0. The van der Waals surface area contributed by atoms with Gasteiger partial charge in [0, 0.05) is 6.54 Å². The minimum absolute atomic E-state index is 0.230. The quantitative estimate of drug-likeness (QED) is 0.446. The molecule has 3 rings (SSSR count). The Bertz CT molecular complexity index is 844. The van der Waals surface area contributed by atoms with Crippen LogP contribution >= 0.6 is 0 Å². The molecule has 1 unspecified atom stereocenters. The number of aliphatic imine (C=N–C) groups is 1. The van der Waals surface area contributed by atoms with Crippen molar-refractivity contribution in [2.45, 2.75) is 26.4 Å². The molecule has 8 nitrogen and oxygen atoms in total. The van der Waals surface area contributed by atoms with E-state index in [1.165, 1.54) is 7.11 Å². The van der Waals surface area contributed by atoms with Gasteiger partial charge in [0.15, 0.2) is 5.69 Å². The number of carbonyl (C=O) groups is 1. The molecule has 0 aliphatic carbocycles. The SMILES string of the molecule is COC(=O)c1c(/N=C(\C)N2CCOCC2C)cnn1Cc1ccc(OC)cc1. The Morgan fingerprint density at radius 3 is 2.71 bits per heavy atom. The van der Waals surface area contributed by atoms with Crippen molar-refractivity contribution in [1.82, 2.24) is 14.7 Å². The number of nitrogens with zero attached hydrogens (tertiary/aromatic N) is 4. The van der Waals surface area contributed by atoms with E-state index in [9.17, 15) is 4.79 Å². The van der Waals surface area contributed by atoms with E-state index in [2.05, 4.69) is 21.9 Å². The van der Waals surface area contributed by atoms with Gasteiger partial charge >= 0.3 is 5.97 Å². The summed E-state index contributed by atoms with van der Waals surface area (Å²) in [5.74, 6) is 1.13. The summed E-state index contributed by atoms with van der Waals surface area (Å²) < 4.78 is 17.3. The van der Waals surface area contributed by atoms with Crippen LogP contribution in [0.15, 0.2) is 35.5 Å². The van der Waals surface area contributed by atoms with E-state index in [4.69, 9.17) is 14.2 Å². The zero-order chi connectivity index (χ0) is 20.1. The zero-order valence-electron chi connectivity index (χ0n) is 16.7. The first-order chi connectivity index (χ1) is 13.5. The van der Waals surface area contributed by atoms with Gasteiger partial charge in [-0.25, -0.2) is 9.79 Å². The largest absolute Gasteiger partial charge is 0.497 e. The molecule has 1 saturated heterocycles. The maximum Gasteiger partial charge on any atom is 0.358 e. The Labute approximate surface area is 164 Å². The van der Waals surface area contributed by atoms with Crippen LogP contribution in [0.5, 0.6) is 5.75 Å². The van der Waals surface area contributed by atoms with E-state index in [-0.39, 0.29) is 6.04 Å². The summed E-state index contributed by atoms with van der Waals surface area (Å²) in [5, 5.41) is 4.37. The van der Waals surface area contributed by atoms with E-state index in [1.54, 1.807) is 18.0 Å². The highest BCUT2D eigenvalue weighted by molar-refractivity contribution is 5.95. The number of ether oxygens (including phenoxy) is 3. The van der Waals surface area contributed by atoms with Gasteiger partial charge in [-0.2, -0.15) is 5.10 Å². The zero-order valence-corrected chi connectivity index (χ0v) is 16.7. The van der Waals surface area contributed by atoms with Crippen LogP contribution in [0.2, 0.25) is 0 Å². The van der Waals surface area contributed by atoms with Gasteiger partial charge in [0.25, 0.3) is 0 Å². The lowest BCUT2D eigenvalue weighted by atomic mass is 10.2. The van der Waals surface area contributed by atoms with Gasteiger partial charge in [0.1, 0.15) is 17.3 Å². The number of morpholine rings is 1. The standard InChI is InChI=1S/C20H26N4O4/c1-14-13-28-10-9-23(14)15(2)22-18-11-21-24(19(18)20(25)27-4)12-16-5-7-17(26-3)8-6-16/h5-8,11,14H,9-10,12-13H2,1-4H3/b22-15+. The lowest BCUT2D eigenvalue weighted by Gasteiger charge is -2.34. The molecule has 1 aromatic carbocycles. The lowest BCUT2D eigenvalue weighted by molar-refractivity contribution is 0.0330. The molecule has 0 bridgehead atoms. The van der Waals surface area contributed by atoms with Crippen LogP contribution in [-0.2, 0) is 16.0 Å². The van der Waals surface area contributed by atoms with Crippen LogP contribution in [0.25, 0.3) is 0 Å². The maximum absolute atomic E-state index is 12.4. The second-order valence-electron chi connectivity index (χ2n) is 6.65. The minimum atomic E-state index is -0.465. The summed E-state index contributed by atoms with van der Waals surface area (Å²) in [6, 6.07) is 7.85. The molecule has 150 valence electrons. The van der Waals surface area contributed by atoms with Gasteiger partial charge in [-0.05, 0) is 31.5 Å². The van der Waals surface area contributed by atoms with Crippen molar-refractivity contribution in [2.75, 3.05) is 34.0 Å². The Balaban J connectivity index is 1.89. The Morgan fingerprint density at radius 2 is 2.07 bits per heavy atom. The van der Waals surface area contributed by atoms with Crippen LogP contribution in [0.4, 0.5) is 5.69 Å². The summed E-state index contributed by atoms with van der Waals surface area (Å²) in [7, 11) is 2.98. The molecule has 0 radical (unpaired) electrons. The number of hydrogen-bond acceptors (Lipinski definition) is 6. The molecule has 0 amide bonds. The number of methoxy groups -OCH3 is 2. The normalized spacial score (nSPS) is 17.5. The number of esters is 1. The molecule has 1 aliphatic rings. The van der Waals surface area contributed by atoms with E-state index in [0.29, 0.717) is 31.1 Å². The second-order valence-corrected chi connectivity index (χ2v) is 6.65. The molecule has 2 aromatic rings. The van der Waals surface area contributed by atoms with E-state index < -0.39 is 5.97 Å². The van der Waals surface area contributed by atoms with Crippen molar-refractivity contribution in [3.05, 3.63) is 41.7 Å². The number of carbonyl (C=O) groups excluding carboxylic acids is 1. The Hall–Kier alpha value is -2.87. The summed E-state index contributed by atoms with van der Waals surface area (Å²) in [4.78, 5) is 19.3. The predicted octanol–water partition coefficient (Wildman–Crippen LogP) is 2.50. The Kier molecular flexibility index (Phi) is 6.30. The van der Waals surface area contributed by atoms with Crippen molar-refractivity contribution in [3.63, 3.8) is 0 Å². The van der Waals surface area contributed by atoms with Gasteiger partial charge in [0.2, 0.25) is 0 Å². The fraction of sp³-hybridized carbons (Fsp3) is 0.450. The molecule has 2 heterocycles. The molecule has 1 fully saturated rings. The number of amidine groups is 1. The number of benzene rings is 1. The fourth-order valence-electron chi connectivity index (χ4n) is 3.23. The van der Waals surface area contributed by atoms with Crippen molar-refractivity contribution in [2.24, 2.45) is 4.99 Å². The van der Waals surface area contributed by atoms with Crippen molar-refractivity contribution in [3.8, 4) is 5.75 Å². The average Bonchev–Trinajstić information content (AvgIpc) is 3.10. The predicted molar refractivity (Wildman–Crippen MR) is 105 cm³/mol. The third-order valence-electron chi connectivity index (χ3n) is 4.76. The molecule has 1 aromatic heterocycles. The third-order valence-corrected chi connectivity index (χ3v) is 4.76. The summed E-state index contributed by atoms with van der Waals surface area (Å²) in [6.07, 6.45) is 1.60. The van der Waals surface area contributed by atoms with Crippen LogP contribution in [0.1, 0.15) is 29.9 Å². The third kappa shape index (κ3) is 4.33. The number of aromatic nitrogens is 2. The first-order valence-corrected chi connectivity index (χ1v) is 9.20. The molecular weight excluding hydrogens is 360 g/mol. The maximum atomic E-state index is 12.4. The number of rotatable bonds is 5. The van der Waals surface area contributed by atoms with E-state index >= 15 is 0 Å². The topological polar surface area (TPSA) is 78.2 Å². The first kappa shape index (κ1) is 19.9. The van der Waals surface area contributed by atoms with Gasteiger partial charge in [-0.15, -0.1) is 0 Å². The highest BCUT2D eigenvalue weighted by atomic mass is 16.5. The smallest absolute Gasteiger partial charge is 0.358 e. The van der Waals surface area contributed by atoms with Crippen LogP contribution in [-0.4, -0.2) is 66.5 Å². The molecule has 0 spiro atoms. The fourth-order valence-corrected chi connectivity index (χ4v) is 3.23. The van der Waals surface area contributed by atoms with E-state index in [0.717, 1.165) is 23.7 Å². The summed E-state index contributed by atoms with van der Waals surface area (Å²) in [6.45, 7) is 6.54. The van der Waals surface area contributed by atoms with Crippen molar-refractivity contribution in [1.29, 1.82) is 0 Å².